The largest absolute Gasteiger partial charge is 0.497 e. The number of aliphatic hydroxyl groups is 1. The van der Waals surface area contributed by atoms with Gasteiger partial charge in [0.2, 0.25) is 0 Å². The molecule has 1 N–H and O–H groups in total. The number of hydrogen-bond donors (Lipinski definition) is 1. The SMILES string of the molecule is COc1ccc(OCC2(CO)CCC(=O)O2)cc1. The molecule has 1 aliphatic heterocycles. The van der Waals surface area contributed by atoms with Gasteiger partial charge in [0.1, 0.15) is 18.1 Å². The normalized spacial score (nSPS) is 22.7. The summed E-state index contributed by atoms with van der Waals surface area (Å²) in [6.07, 6.45) is 0.811. The van der Waals surface area contributed by atoms with Crippen molar-refractivity contribution in [1.29, 1.82) is 0 Å². The van der Waals surface area contributed by atoms with Crippen LogP contribution in [0.25, 0.3) is 0 Å². The zero-order valence-electron chi connectivity index (χ0n) is 10.2. The Morgan fingerprint density at radius 1 is 1.33 bits per heavy atom. The van der Waals surface area contributed by atoms with Gasteiger partial charge in [-0.1, -0.05) is 0 Å². The fraction of sp³-hybridized carbons (Fsp3) is 0.462. The molecule has 0 amide bonds. The Bertz CT molecular complexity index is 414. The van der Waals surface area contributed by atoms with Crippen LogP contribution < -0.4 is 9.47 Å². The maximum atomic E-state index is 11.1. The van der Waals surface area contributed by atoms with E-state index >= 15 is 0 Å². The first-order valence-electron chi connectivity index (χ1n) is 5.77. The van der Waals surface area contributed by atoms with E-state index in [2.05, 4.69) is 0 Å². The van der Waals surface area contributed by atoms with Crippen LogP contribution in [0, 0.1) is 0 Å². The van der Waals surface area contributed by atoms with Crippen molar-refractivity contribution in [2.45, 2.75) is 18.4 Å². The van der Waals surface area contributed by atoms with Crippen molar-refractivity contribution in [2.75, 3.05) is 20.3 Å². The van der Waals surface area contributed by atoms with E-state index in [9.17, 15) is 9.90 Å². The minimum absolute atomic E-state index is 0.154. The fourth-order valence-electron chi connectivity index (χ4n) is 1.82. The number of rotatable bonds is 5. The summed E-state index contributed by atoms with van der Waals surface area (Å²) in [6.45, 7) is -0.0730. The first kappa shape index (κ1) is 12.7. The standard InChI is InChI=1S/C13H16O5/c1-16-10-2-4-11(5-3-10)17-9-13(8-14)7-6-12(15)18-13/h2-5,14H,6-9H2,1H3. The molecule has 0 bridgehead atoms. The van der Waals surface area contributed by atoms with Crippen molar-refractivity contribution >= 4 is 5.97 Å². The Morgan fingerprint density at radius 3 is 2.50 bits per heavy atom. The number of carbonyl (C=O) groups excluding carboxylic acids is 1. The quantitative estimate of drug-likeness (QED) is 0.796. The van der Waals surface area contributed by atoms with Gasteiger partial charge < -0.3 is 19.3 Å². The van der Waals surface area contributed by atoms with Gasteiger partial charge in [-0.3, -0.25) is 4.79 Å². The Hall–Kier alpha value is -1.75. The molecule has 0 saturated carbocycles. The molecule has 1 aliphatic rings. The fourth-order valence-corrected chi connectivity index (χ4v) is 1.82. The lowest BCUT2D eigenvalue weighted by Crippen LogP contribution is -2.39. The minimum Gasteiger partial charge on any atom is -0.497 e. The summed E-state index contributed by atoms with van der Waals surface area (Å²) < 4.78 is 15.7. The summed E-state index contributed by atoms with van der Waals surface area (Å²) >= 11 is 0. The summed E-state index contributed by atoms with van der Waals surface area (Å²) in [7, 11) is 1.59. The Balaban J connectivity index is 1.95. The highest BCUT2D eigenvalue weighted by atomic mass is 16.6. The summed E-state index contributed by atoms with van der Waals surface area (Å²) in [5, 5.41) is 9.32. The van der Waals surface area contributed by atoms with Crippen LogP contribution in [0.2, 0.25) is 0 Å². The first-order valence-corrected chi connectivity index (χ1v) is 5.77. The zero-order chi connectivity index (χ0) is 13.0. The highest BCUT2D eigenvalue weighted by Gasteiger charge is 2.40. The average Bonchev–Trinajstić information content (AvgIpc) is 2.79. The van der Waals surface area contributed by atoms with Crippen molar-refractivity contribution < 1.29 is 24.1 Å². The second kappa shape index (κ2) is 5.27. The van der Waals surface area contributed by atoms with Crippen LogP contribution in [-0.2, 0) is 9.53 Å². The molecule has 1 atom stereocenters. The zero-order valence-corrected chi connectivity index (χ0v) is 10.2. The van der Waals surface area contributed by atoms with E-state index in [-0.39, 0.29) is 19.2 Å². The van der Waals surface area contributed by atoms with Crippen LogP contribution >= 0.6 is 0 Å². The molecular weight excluding hydrogens is 236 g/mol. The van der Waals surface area contributed by atoms with E-state index in [0.29, 0.717) is 18.6 Å². The van der Waals surface area contributed by atoms with Crippen molar-refractivity contribution in [1.82, 2.24) is 0 Å². The molecule has 5 nitrogen and oxygen atoms in total. The smallest absolute Gasteiger partial charge is 0.306 e. The van der Waals surface area contributed by atoms with Crippen molar-refractivity contribution in [3.63, 3.8) is 0 Å². The number of carbonyl (C=O) groups is 1. The summed E-state index contributed by atoms with van der Waals surface area (Å²) in [5.41, 5.74) is -0.892. The van der Waals surface area contributed by atoms with Gasteiger partial charge in [0.25, 0.3) is 0 Å². The molecule has 1 saturated heterocycles. The van der Waals surface area contributed by atoms with Gasteiger partial charge >= 0.3 is 5.97 Å². The summed E-state index contributed by atoms with van der Waals surface area (Å²) in [6, 6.07) is 7.09. The molecule has 1 unspecified atom stereocenters. The molecule has 0 radical (unpaired) electrons. The van der Waals surface area contributed by atoms with Crippen LogP contribution in [0.3, 0.4) is 0 Å². The van der Waals surface area contributed by atoms with Crippen molar-refractivity contribution in [3.8, 4) is 11.5 Å². The van der Waals surface area contributed by atoms with Crippen LogP contribution in [0.15, 0.2) is 24.3 Å². The van der Waals surface area contributed by atoms with Crippen LogP contribution in [0.4, 0.5) is 0 Å². The van der Waals surface area contributed by atoms with Gasteiger partial charge in [0.15, 0.2) is 5.60 Å². The molecule has 0 aromatic heterocycles. The third kappa shape index (κ3) is 2.73. The van der Waals surface area contributed by atoms with Gasteiger partial charge in [-0.05, 0) is 24.3 Å². The third-order valence-electron chi connectivity index (χ3n) is 2.96. The number of methoxy groups -OCH3 is 1. The monoisotopic (exact) mass is 252 g/mol. The molecule has 2 rings (SSSR count). The Kier molecular flexibility index (Phi) is 3.72. The second-order valence-electron chi connectivity index (χ2n) is 4.28. The molecule has 1 aromatic carbocycles. The highest BCUT2D eigenvalue weighted by Crippen LogP contribution is 2.27. The minimum atomic E-state index is -0.892. The van der Waals surface area contributed by atoms with Crippen LogP contribution in [0.5, 0.6) is 11.5 Å². The lowest BCUT2D eigenvalue weighted by atomic mass is 10.0. The molecule has 5 heteroatoms. The lowest BCUT2D eigenvalue weighted by Gasteiger charge is -2.25. The van der Waals surface area contributed by atoms with Gasteiger partial charge in [-0.2, -0.15) is 0 Å². The maximum Gasteiger partial charge on any atom is 0.306 e. The number of esters is 1. The number of hydrogen-bond acceptors (Lipinski definition) is 5. The molecular formula is C13H16O5. The lowest BCUT2D eigenvalue weighted by molar-refractivity contribution is -0.154. The van der Waals surface area contributed by atoms with E-state index < -0.39 is 5.60 Å². The average molecular weight is 252 g/mol. The van der Waals surface area contributed by atoms with E-state index in [1.165, 1.54) is 0 Å². The van der Waals surface area contributed by atoms with E-state index in [1.54, 1.807) is 31.4 Å². The van der Waals surface area contributed by atoms with Gasteiger partial charge in [0, 0.05) is 12.8 Å². The van der Waals surface area contributed by atoms with Crippen molar-refractivity contribution in [2.24, 2.45) is 0 Å². The van der Waals surface area contributed by atoms with Gasteiger partial charge in [-0.15, -0.1) is 0 Å². The molecule has 1 fully saturated rings. The van der Waals surface area contributed by atoms with E-state index in [4.69, 9.17) is 14.2 Å². The number of aliphatic hydroxyl groups excluding tert-OH is 1. The topological polar surface area (TPSA) is 65.0 Å². The van der Waals surface area contributed by atoms with Crippen LogP contribution in [0.1, 0.15) is 12.8 Å². The Labute approximate surface area is 105 Å². The summed E-state index contributed by atoms with van der Waals surface area (Å²) in [5.74, 6) is 1.10. The van der Waals surface area contributed by atoms with E-state index in [0.717, 1.165) is 5.75 Å². The van der Waals surface area contributed by atoms with Gasteiger partial charge in [-0.25, -0.2) is 0 Å². The number of cyclic esters (lactones) is 1. The number of ether oxygens (including phenoxy) is 3. The molecule has 18 heavy (non-hydrogen) atoms. The highest BCUT2D eigenvalue weighted by molar-refractivity contribution is 5.72. The van der Waals surface area contributed by atoms with Crippen molar-refractivity contribution in [3.05, 3.63) is 24.3 Å². The predicted molar refractivity (Wildman–Crippen MR) is 63.6 cm³/mol. The third-order valence-corrected chi connectivity index (χ3v) is 2.96. The molecule has 0 aliphatic carbocycles. The van der Waals surface area contributed by atoms with Crippen LogP contribution in [-0.4, -0.2) is 37.0 Å². The number of benzene rings is 1. The molecule has 98 valence electrons. The van der Waals surface area contributed by atoms with Gasteiger partial charge in [0.05, 0.1) is 13.7 Å². The molecule has 0 spiro atoms. The first-order chi connectivity index (χ1) is 8.67. The predicted octanol–water partition coefficient (Wildman–Crippen LogP) is 1.14. The van der Waals surface area contributed by atoms with E-state index in [1.807, 2.05) is 0 Å². The maximum absolute atomic E-state index is 11.1. The molecule has 1 heterocycles. The summed E-state index contributed by atoms with van der Waals surface area (Å²) in [4.78, 5) is 11.1. The second-order valence-corrected chi connectivity index (χ2v) is 4.28. The molecule has 1 aromatic rings. The Morgan fingerprint density at radius 2 is 2.00 bits per heavy atom.